The highest BCUT2D eigenvalue weighted by molar-refractivity contribution is 5.96. The lowest BCUT2D eigenvalue weighted by Gasteiger charge is -2.28. The first kappa shape index (κ1) is 17.4. The number of carbonyl (C=O) groups is 2. The Bertz CT molecular complexity index is 969. The van der Waals surface area contributed by atoms with Crippen molar-refractivity contribution in [3.63, 3.8) is 0 Å². The fourth-order valence-electron chi connectivity index (χ4n) is 3.36. The summed E-state index contributed by atoms with van der Waals surface area (Å²) in [6.45, 7) is 1.89. The van der Waals surface area contributed by atoms with E-state index in [-0.39, 0.29) is 23.8 Å². The summed E-state index contributed by atoms with van der Waals surface area (Å²) in [6.07, 6.45) is 4.38. The number of furan rings is 1. The highest BCUT2D eigenvalue weighted by atomic mass is 16.5. The molecule has 1 aliphatic heterocycles. The second-order valence-electron chi connectivity index (χ2n) is 6.75. The van der Waals surface area contributed by atoms with Crippen LogP contribution in [-0.2, 0) is 9.53 Å². The first-order valence-corrected chi connectivity index (χ1v) is 8.97. The molecule has 1 fully saturated rings. The Kier molecular flexibility index (Phi) is 4.73. The van der Waals surface area contributed by atoms with Crippen molar-refractivity contribution < 1.29 is 18.7 Å². The summed E-state index contributed by atoms with van der Waals surface area (Å²) in [5.41, 5.74) is 3.10. The number of hydrogen-bond acceptors (Lipinski definition) is 5. The van der Waals surface area contributed by atoms with Gasteiger partial charge in [0, 0.05) is 22.7 Å². The van der Waals surface area contributed by atoms with Crippen LogP contribution >= 0.6 is 0 Å². The number of ether oxygens (including phenoxy) is 1. The molecule has 2 atom stereocenters. The topological polar surface area (TPSA) is 81.4 Å². The van der Waals surface area contributed by atoms with Gasteiger partial charge in [0.1, 0.15) is 11.7 Å². The van der Waals surface area contributed by atoms with Crippen molar-refractivity contribution in [2.75, 3.05) is 6.61 Å². The molecule has 3 heterocycles. The Morgan fingerprint density at radius 3 is 2.63 bits per heavy atom. The average molecular weight is 364 g/mol. The molecule has 0 spiro atoms. The molecule has 138 valence electrons. The summed E-state index contributed by atoms with van der Waals surface area (Å²) < 4.78 is 10.9. The Labute approximate surface area is 156 Å². The van der Waals surface area contributed by atoms with E-state index in [1.165, 1.54) is 6.92 Å². The van der Waals surface area contributed by atoms with Gasteiger partial charge in [0.15, 0.2) is 5.78 Å². The minimum absolute atomic E-state index is 0.0385. The number of Topliss-reactive ketones (excluding diaryl/α,β-unsaturated/α-hetero) is 1. The van der Waals surface area contributed by atoms with Gasteiger partial charge < -0.3 is 14.5 Å². The lowest BCUT2D eigenvalue weighted by Crippen LogP contribution is -2.44. The van der Waals surface area contributed by atoms with Gasteiger partial charge in [-0.05, 0) is 44.0 Å². The monoisotopic (exact) mass is 364 g/mol. The predicted octanol–water partition coefficient (Wildman–Crippen LogP) is 3.36. The second kappa shape index (κ2) is 7.32. The Hall–Kier alpha value is -2.99. The highest BCUT2D eigenvalue weighted by Gasteiger charge is 2.25. The molecule has 2 aromatic heterocycles. The van der Waals surface area contributed by atoms with Gasteiger partial charge in [0.2, 0.25) is 0 Å². The van der Waals surface area contributed by atoms with Gasteiger partial charge >= 0.3 is 0 Å². The van der Waals surface area contributed by atoms with Crippen molar-refractivity contribution in [2.45, 2.75) is 31.9 Å². The van der Waals surface area contributed by atoms with Crippen molar-refractivity contribution in [3.05, 3.63) is 54.4 Å². The molecule has 1 N–H and O–H groups in total. The summed E-state index contributed by atoms with van der Waals surface area (Å²) in [5.74, 6) is -0.109. The molecule has 1 aliphatic rings. The number of hydrogen-bond donors (Lipinski definition) is 1. The maximum absolute atomic E-state index is 12.5. The number of rotatable bonds is 4. The van der Waals surface area contributed by atoms with Gasteiger partial charge in [0.05, 0.1) is 24.6 Å². The van der Waals surface area contributed by atoms with Crippen LogP contribution < -0.4 is 5.32 Å². The summed E-state index contributed by atoms with van der Waals surface area (Å²) >= 11 is 0. The van der Waals surface area contributed by atoms with Crippen molar-refractivity contribution in [3.8, 4) is 11.3 Å². The first-order valence-electron chi connectivity index (χ1n) is 8.97. The Morgan fingerprint density at radius 1 is 1.11 bits per heavy atom. The molecule has 6 nitrogen and oxygen atoms in total. The van der Waals surface area contributed by atoms with Gasteiger partial charge in [-0.3, -0.25) is 14.6 Å². The van der Waals surface area contributed by atoms with E-state index < -0.39 is 0 Å². The van der Waals surface area contributed by atoms with Crippen molar-refractivity contribution in [2.24, 2.45) is 0 Å². The molecular formula is C21H20N2O4. The van der Waals surface area contributed by atoms with Crippen LogP contribution in [0.2, 0.25) is 0 Å². The number of nitrogens with zero attached hydrogens (tertiary/aromatic N) is 1. The lowest BCUT2D eigenvalue weighted by atomic mass is 10.0. The van der Waals surface area contributed by atoms with E-state index >= 15 is 0 Å². The Morgan fingerprint density at radius 2 is 1.93 bits per heavy atom. The molecule has 0 unspecified atom stereocenters. The van der Waals surface area contributed by atoms with E-state index in [2.05, 4.69) is 10.3 Å². The van der Waals surface area contributed by atoms with Gasteiger partial charge in [-0.15, -0.1) is 0 Å². The number of aromatic nitrogens is 1. The van der Waals surface area contributed by atoms with E-state index in [0.717, 1.165) is 28.6 Å². The highest BCUT2D eigenvalue weighted by Crippen LogP contribution is 2.27. The van der Waals surface area contributed by atoms with Crippen molar-refractivity contribution >= 4 is 22.7 Å². The molecule has 1 saturated heterocycles. The molecule has 1 aromatic carbocycles. The summed E-state index contributed by atoms with van der Waals surface area (Å²) in [7, 11) is 0. The fraction of sp³-hybridized carbons (Fsp3) is 0.286. The second-order valence-corrected chi connectivity index (χ2v) is 6.75. The van der Waals surface area contributed by atoms with Crippen LogP contribution in [0, 0.1) is 0 Å². The lowest BCUT2D eigenvalue weighted by molar-refractivity contribution is -0.131. The number of ketones is 1. The minimum atomic E-state index is -0.337. The van der Waals surface area contributed by atoms with E-state index in [4.69, 9.17) is 9.15 Å². The standard InChI is InChI=1S/C21H20N2O4/c1-13(24)18-7-6-16(12-27-18)23-21(25)15-4-2-14(3-5-15)20-17-9-11-26-19(17)8-10-22-20/h2-5,8-11,16,18H,6-7,12H2,1H3,(H,23,25)/t16-,18+/m1/s1. The van der Waals surface area contributed by atoms with Gasteiger partial charge in [-0.25, -0.2) is 0 Å². The van der Waals surface area contributed by atoms with Crippen LogP contribution in [0.1, 0.15) is 30.1 Å². The van der Waals surface area contributed by atoms with Gasteiger partial charge in [-0.1, -0.05) is 12.1 Å². The number of benzene rings is 1. The molecule has 0 saturated carbocycles. The quantitative estimate of drug-likeness (QED) is 0.768. The zero-order valence-electron chi connectivity index (χ0n) is 15.0. The third-order valence-corrected chi connectivity index (χ3v) is 4.86. The zero-order valence-corrected chi connectivity index (χ0v) is 15.0. The van der Waals surface area contributed by atoms with Crippen LogP contribution in [0.3, 0.4) is 0 Å². The largest absolute Gasteiger partial charge is 0.464 e. The number of pyridine rings is 1. The Balaban J connectivity index is 1.44. The maximum atomic E-state index is 12.5. The number of carbonyl (C=O) groups excluding carboxylic acids is 2. The molecule has 27 heavy (non-hydrogen) atoms. The first-order chi connectivity index (χ1) is 13.1. The molecular weight excluding hydrogens is 344 g/mol. The van der Waals surface area contributed by atoms with E-state index in [1.807, 2.05) is 24.3 Å². The fourth-order valence-corrected chi connectivity index (χ4v) is 3.36. The summed E-state index contributed by atoms with van der Waals surface area (Å²) in [6, 6.07) is 11.0. The van der Waals surface area contributed by atoms with Crippen LogP contribution in [0.4, 0.5) is 0 Å². The number of amides is 1. The van der Waals surface area contributed by atoms with Crippen LogP contribution in [0.5, 0.6) is 0 Å². The number of nitrogens with one attached hydrogen (secondary N) is 1. The van der Waals surface area contributed by atoms with Crippen LogP contribution in [-0.4, -0.2) is 35.4 Å². The van der Waals surface area contributed by atoms with Crippen LogP contribution in [0.15, 0.2) is 53.3 Å². The molecule has 1 amide bonds. The molecule has 4 rings (SSSR count). The van der Waals surface area contributed by atoms with Crippen LogP contribution in [0.25, 0.3) is 22.2 Å². The summed E-state index contributed by atoms with van der Waals surface area (Å²) in [4.78, 5) is 28.3. The maximum Gasteiger partial charge on any atom is 0.251 e. The SMILES string of the molecule is CC(=O)[C@@H]1CC[C@@H](NC(=O)c2ccc(-c3nccc4occc34)cc2)CO1. The van der Waals surface area contributed by atoms with Gasteiger partial charge in [0.25, 0.3) is 5.91 Å². The van der Waals surface area contributed by atoms with E-state index in [0.29, 0.717) is 18.6 Å². The molecule has 3 aromatic rings. The zero-order chi connectivity index (χ0) is 18.8. The summed E-state index contributed by atoms with van der Waals surface area (Å²) in [5, 5.41) is 3.91. The minimum Gasteiger partial charge on any atom is -0.464 e. The van der Waals surface area contributed by atoms with Crippen molar-refractivity contribution in [1.82, 2.24) is 10.3 Å². The van der Waals surface area contributed by atoms with E-state index in [9.17, 15) is 9.59 Å². The smallest absolute Gasteiger partial charge is 0.251 e. The normalized spacial score (nSPS) is 19.7. The third-order valence-electron chi connectivity index (χ3n) is 4.86. The predicted molar refractivity (Wildman–Crippen MR) is 100 cm³/mol. The average Bonchev–Trinajstić information content (AvgIpc) is 3.17. The molecule has 0 bridgehead atoms. The number of fused-ring (bicyclic) bond motifs is 1. The van der Waals surface area contributed by atoms with E-state index in [1.54, 1.807) is 24.6 Å². The van der Waals surface area contributed by atoms with Crippen molar-refractivity contribution in [1.29, 1.82) is 0 Å². The molecule has 0 radical (unpaired) electrons. The molecule has 6 heteroatoms. The third kappa shape index (κ3) is 3.61. The van der Waals surface area contributed by atoms with Gasteiger partial charge in [-0.2, -0.15) is 0 Å². The molecule has 0 aliphatic carbocycles.